The Labute approximate surface area is 255 Å². The van der Waals surface area contributed by atoms with Gasteiger partial charge in [-0.25, -0.2) is 0 Å². The summed E-state index contributed by atoms with van der Waals surface area (Å²) in [5, 5.41) is 13.5. The van der Waals surface area contributed by atoms with Crippen LogP contribution in [0.5, 0.6) is 5.75 Å². The molecule has 0 radical (unpaired) electrons. The van der Waals surface area contributed by atoms with Gasteiger partial charge in [-0.1, -0.05) is 54.6 Å². The van der Waals surface area contributed by atoms with E-state index < -0.39 is 53.3 Å². The van der Waals surface area contributed by atoms with E-state index in [2.05, 4.69) is 5.32 Å². The number of halogens is 11. The van der Waals surface area contributed by atoms with E-state index in [1.54, 1.807) is 0 Å². The number of rotatable bonds is 10. The lowest BCUT2D eigenvalue weighted by atomic mass is 9.94. The fraction of sp³-hybridized carbons (Fsp3) is 0.250. The highest BCUT2D eigenvalue weighted by atomic mass is 19.4. The summed E-state index contributed by atoms with van der Waals surface area (Å²) in [5.41, 5.74) is -2.81. The van der Waals surface area contributed by atoms with Crippen molar-refractivity contribution in [3.05, 3.63) is 136 Å². The first-order chi connectivity index (χ1) is 21.4. The van der Waals surface area contributed by atoms with Crippen molar-refractivity contribution in [1.29, 1.82) is 0 Å². The van der Waals surface area contributed by atoms with Crippen molar-refractivity contribution >= 4 is 0 Å². The van der Waals surface area contributed by atoms with E-state index in [4.69, 9.17) is 4.74 Å². The molecule has 0 spiro atoms. The van der Waals surface area contributed by atoms with E-state index in [-0.39, 0.29) is 41.2 Å². The third kappa shape index (κ3) is 8.35. The second-order valence-corrected chi connectivity index (χ2v) is 10.2. The summed E-state index contributed by atoms with van der Waals surface area (Å²) in [6, 6.07) is 16.0. The molecule has 46 heavy (non-hydrogen) atoms. The zero-order valence-corrected chi connectivity index (χ0v) is 23.3. The van der Waals surface area contributed by atoms with E-state index in [0.717, 1.165) is 42.5 Å². The Balaban J connectivity index is 1.63. The number of aliphatic hydroxyl groups excluding tert-OH is 1. The van der Waals surface area contributed by atoms with Gasteiger partial charge in [0.05, 0.1) is 23.3 Å². The lowest BCUT2D eigenvalue weighted by Crippen LogP contribution is -2.34. The first-order valence-electron chi connectivity index (χ1n) is 13.4. The van der Waals surface area contributed by atoms with Gasteiger partial charge in [-0.3, -0.25) is 0 Å². The Hall–Kier alpha value is -4.17. The van der Waals surface area contributed by atoms with Crippen molar-refractivity contribution in [3.63, 3.8) is 0 Å². The molecule has 2 atom stereocenters. The zero-order chi connectivity index (χ0) is 33.9. The molecule has 0 aliphatic heterocycles. The first kappa shape index (κ1) is 34.7. The Kier molecular flexibility index (Phi) is 10.0. The summed E-state index contributed by atoms with van der Waals surface area (Å²) in [6.07, 6.45) is -16.5. The highest BCUT2D eigenvalue weighted by molar-refractivity contribution is 5.40. The minimum atomic E-state index is -5.90. The standard InChI is InChI=1S/C32H24F11NO2/c33-29(34,32(41,42)43)24-7-2-5-21(15-24)28(44-17-27(45)20-10-12-23(13-11-20)30(35,36)37)22-6-3-9-26(16-22)46-18-19-4-1-8-25(14-19)31(38,39)40/h1-16,27-28,44-45H,17-18H2. The fourth-order valence-electron chi connectivity index (χ4n) is 4.53. The van der Waals surface area contributed by atoms with Crippen molar-refractivity contribution in [2.75, 3.05) is 6.54 Å². The number of ether oxygens (including phenoxy) is 1. The van der Waals surface area contributed by atoms with Gasteiger partial charge in [-0.05, 0) is 64.7 Å². The number of hydrogen-bond acceptors (Lipinski definition) is 3. The molecule has 0 aromatic heterocycles. The molecular weight excluding hydrogens is 639 g/mol. The third-order valence-electron chi connectivity index (χ3n) is 6.93. The molecule has 3 nitrogen and oxygen atoms in total. The average Bonchev–Trinajstić information content (AvgIpc) is 2.99. The third-order valence-corrected chi connectivity index (χ3v) is 6.93. The summed E-state index contributed by atoms with van der Waals surface area (Å²) < 4.78 is 152. The van der Waals surface area contributed by atoms with Gasteiger partial charge >= 0.3 is 24.5 Å². The highest BCUT2D eigenvalue weighted by Gasteiger charge is 2.58. The van der Waals surface area contributed by atoms with E-state index in [1.165, 1.54) is 42.5 Å². The highest BCUT2D eigenvalue weighted by Crippen LogP contribution is 2.44. The summed E-state index contributed by atoms with van der Waals surface area (Å²) in [5.74, 6) is -5.09. The van der Waals surface area contributed by atoms with Crippen molar-refractivity contribution in [2.24, 2.45) is 0 Å². The SMILES string of the molecule is OC(CNC(c1cccc(OCc2cccc(C(F)(F)F)c2)c1)c1cccc(C(F)(F)C(F)(F)F)c1)c1ccc(C(F)(F)F)cc1. The second-order valence-electron chi connectivity index (χ2n) is 10.2. The van der Waals surface area contributed by atoms with Crippen LogP contribution in [-0.4, -0.2) is 17.8 Å². The Morgan fingerprint density at radius 1 is 0.587 bits per heavy atom. The van der Waals surface area contributed by atoms with Gasteiger partial charge in [0.1, 0.15) is 12.4 Å². The van der Waals surface area contributed by atoms with Crippen LogP contribution in [-0.2, 0) is 24.9 Å². The minimum absolute atomic E-state index is 0.0646. The molecule has 14 heteroatoms. The summed E-state index contributed by atoms with van der Waals surface area (Å²) >= 11 is 0. The van der Waals surface area contributed by atoms with E-state index in [1.807, 2.05) is 0 Å². The summed E-state index contributed by atoms with van der Waals surface area (Å²) in [4.78, 5) is 0. The maximum Gasteiger partial charge on any atom is 0.458 e. The van der Waals surface area contributed by atoms with Crippen LogP contribution in [0.1, 0.15) is 51.1 Å². The zero-order valence-electron chi connectivity index (χ0n) is 23.3. The minimum Gasteiger partial charge on any atom is -0.489 e. The Bertz CT molecular complexity index is 1610. The monoisotopic (exact) mass is 663 g/mol. The van der Waals surface area contributed by atoms with Crippen LogP contribution in [0, 0.1) is 0 Å². The summed E-state index contributed by atoms with van der Waals surface area (Å²) in [7, 11) is 0. The quantitative estimate of drug-likeness (QED) is 0.166. The molecule has 0 fully saturated rings. The van der Waals surface area contributed by atoms with Crippen LogP contribution >= 0.6 is 0 Å². The van der Waals surface area contributed by atoms with E-state index >= 15 is 0 Å². The molecule has 0 saturated carbocycles. The molecule has 2 N–H and O–H groups in total. The van der Waals surface area contributed by atoms with Gasteiger partial charge in [0.2, 0.25) is 0 Å². The van der Waals surface area contributed by atoms with Crippen LogP contribution in [0.2, 0.25) is 0 Å². The normalized spacial score (nSPS) is 14.2. The van der Waals surface area contributed by atoms with Gasteiger partial charge in [0.15, 0.2) is 0 Å². The van der Waals surface area contributed by atoms with Crippen molar-refractivity contribution in [2.45, 2.75) is 43.2 Å². The predicted octanol–water partition coefficient (Wildman–Crippen LogP) is 9.37. The number of benzene rings is 4. The molecule has 0 aliphatic rings. The Morgan fingerprint density at radius 2 is 1.15 bits per heavy atom. The van der Waals surface area contributed by atoms with Crippen LogP contribution in [0.4, 0.5) is 48.3 Å². The Morgan fingerprint density at radius 3 is 1.76 bits per heavy atom. The van der Waals surface area contributed by atoms with Crippen molar-refractivity contribution in [1.82, 2.24) is 5.32 Å². The predicted molar refractivity (Wildman–Crippen MR) is 145 cm³/mol. The maximum absolute atomic E-state index is 14.2. The smallest absolute Gasteiger partial charge is 0.458 e. The molecule has 4 aromatic carbocycles. The number of hydrogen-bond donors (Lipinski definition) is 2. The van der Waals surface area contributed by atoms with Crippen molar-refractivity contribution in [3.8, 4) is 5.75 Å². The molecule has 0 saturated heterocycles. The van der Waals surface area contributed by atoms with Gasteiger partial charge in [-0.15, -0.1) is 0 Å². The number of alkyl halides is 11. The van der Waals surface area contributed by atoms with Gasteiger partial charge in [0, 0.05) is 12.1 Å². The average molecular weight is 664 g/mol. The molecule has 0 aliphatic carbocycles. The molecule has 0 amide bonds. The molecule has 4 rings (SSSR count). The topological polar surface area (TPSA) is 41.5 Å². The molecule has 4 aromatic rings. The van der Waals surface area contributed by atoms with Gasteiger partial charge in [-0.2, -0.15) is 48.3 Å². The number of nitrogens with one attached hydrogen (secondary N) is 1. The first-order valence-corrected chi connectivity index (χ1v) is 13.4. The van der Waals surface area contributed by atoms with Crippen LogP contribution in [0.3, 0.4) is 0 Å². The largest absolute Gasteiger partial charge is 0.489 e. The van der Waals surface area contributed by atoms with Crippen LogP contribution in [0.25, 0.3) is 0 Å². The molecule has 246 valence electrons. The van der Waals surface area contributed by atoms with Gasteiger partial charge < -0.3 is 15.2 Å². The maximum atomic E-state index is 14.2. The second kappa shape index (κ2) is 13.3. The lowest BCUT2D eigenvalue weighted by molar-refractivity contribution is -0.289. The van der Waals surface area contributed by atoms with Crippen LogP contribution < -0.4 is 10.1 Å². The number of aliphatic hydroxyl groups is 1. The van der Waals surface area contributed by atoms with E-state index in [9.17, 15) is 53.4 Å². The van der Waals surface area contributed by atoms with Gasteiger partial charge in [0.25, 0.3) is 0 Å². The molecule has 0 heterocycles. The molecular formula is C32H24F11NO2. The van der Waals surface area contributed by atoms with E-state index in [0.29, 0.717) is 12.1 Å². The molecule has 2 unspecified atom stereocenters. The lowest BCUT2D eigenvalue weighted by Gasteiger charge is -2.25. The molecule has 0 bridgehead atoms. The van der Waals surface area contributed by atoms with Crippen LogP contribution in [0.15, 0.2) is 97.1 Å². The fourth-order valence-corrected chi connectivity index (χ4v) is 4.53. The summed E-state index contributed by atoms with van der Waals surface area (Å²) in [6.45, 7) is -0.684. The van der Waals surface area contributed by atoms with Crippen molar-refractivity contribution < 1.29 is 58.1 Å².